The number of aromatic nitrogens is 1. The number of rotatable bonds is 6. The van der Waals surface area contributed by atoms with Crippen molar-refractivity contribution in [2.45, 2.75) is 58.5 Å². The molecule has 1 aliphatic carbocycles. The zero-order valence-electron chi connectivity index (χ0n) is 12.4. The smallest absolute Gasteiger partial charge is 0.126 e. The van der Waals surface area contributed by atoms with E-state index in [9.17, 15) is 0 Å². The second kappa shape index (κ2) is 6.38. The third-order valence-electron chi connectivity index (χ3n) is 3.68. The summed E-state index contributed by atoms with van der Waals surface area (Å²) in [5, 5.41) is 3.48. The Labute approximate surface area is 116 Å². The summed E-state index contributed by atoms with van der Waals surface area (Å²) >= 11 is 0. The first-order chi connectivity index (χ1) is 9.04. The molecule has 0 atom stereocenters. The molecule has 0 spiro atoms. The molecule has 1 aromatic heterocycles. The SMILES string of the molecule is CC(C)(C)NCc1cnccc1OCCC1CCC1. The predicted octanol–water partition coefficient (Wildman–Crippen LogP) is 3.54. The van der Waals surface area contributed by atoms with Gasteiger partial charge >= 0.3 is 0 Å². The predicted molar refractivity (Wildman–Crippen MR) is 78.3 cm³/mol. The lowest BCUT2D eigenvalue weighted by atomic mass is 9.83. The molecule has 3 nitrogen and oxygen atoms in total. The Morgan fingerprint density at radius 2 is 2.16 bits per heavy atom. The van der Waals surface area contributed by atoms with Crippen molar-refractivity contribution in [2.24, 2.45) is 5.92 Å². The van der Waals surface area contributed by atoms with Crippen LogP contribution in [0.2, 0.25) is 0 Å². The van der Waals surface area contributed by atoms with Crippen molar-refractivity contribution in [2.75, 3.05) is 6.61 Å². The van der Waals surface area contributed by atoms with Crippen LogP contribution >= 0.6 is 0 Å². The average molecular weight is 262 g/mol. The molecular weight excluding hydrogens is 236 g/mol. The minimum atomic E-state index is 0.110. The van der Waals surface area contributed by atoms with E-state index in [0.29, 0.717) is 0 Å². The average Bonchev–Trinajstić information content (AvgIpc) is 2.30. The minimum absolute atomic E-state index is 0.110. The zero-order valence-corrected chi connectivity index (χ0v) is 12.4. The molecule has 3 heteroatoms. The van der Waals surface area contributed by atoms with Crippen molar-refractivity contribution in [1.29, 1.82) is 0 Å². The maximum atomic E-state index is 5.93. The van der Waals surface area contributed by atoms with Gasteiger partial charge in [0, 0.05) is 30.0 Å². The van der Waals surface area contributed by atoms with E-state index in [0.717, 1.165) is 30.4 Å². The maximum absolute atomic E-state index is 5.93. The Balaban J connectivity index is 1.84. The molecule has 0 bridgehead atoms. The van der Waals surface area contributed by atoms with E-state index in [4.69, 9.17) is 4.74 Å². The molecule has 1 aliphatic rings. The summed E-state index contributed by atoms with van der Waals surface area (Å²) < 4.78 is 5.93. The summed E-state index contributed by atoms with van der Waals surface area (Å²) in [4.78, 5) is 4.20. The van der Waals surface area contributed by atoms with Crippen LogP contribution in [0, 0.1) is 5.92 Å². The van der Waals surface area contributed by atoms with Crippen molar-refractivity contribution in [3.05, 3.63) is 24.0 Å². The van der Waals surface area contributed by atoms with Crippen molar-refractivity contribution < 1.29 is 4.74 Å². The third kappa shape index (κ3) is 4.83. The molecule has 0 aromatic carbocycles. The third-order valence-corrected chi connectivity index (χ3v) is 3.68. The number of ether oxygens (including phenoxy) is 1. The fraction of sp³-hybridized carbons (Fsp3) is 0.688. The molecule has 19 heavy (non-hydrogen) atoms. The minimum Gasteiger partial charge on any atom is -0.493 e. The second-order valence-corrected chi connectivity index (χ2v) is 6.52. The normalized spacial score (nSPS) is 16.2. The highest BCUT2D eigenvalue weighted by molar-refractivity contribution is 5.30. The lowest BCUT2D eigenvalue weighted by molar-refractivity contribution is 0.220. The van der Waals surface area contributed by atoms with Crippen molar-refractivity contribution in [1.82, 2.24) is 10.3 Å². The Hall–Kier alpha value is -1.09. The summed E-state index contributed by atoms with van der Waals surface area (Å²) in [5.41, 5.74) is 1.25. The van der Waals surface area contributed by atoms with Crippen LogP contribution < -0.4 is 10.1 Å². The number of hydrogen-bond acceptors (Lipinski definition) is 3. The second-order valence-electron chi connectivity index (χ2n) is 6.52. The molecule has 106 valence electrons. The Morgan fingerprint density at radius 1 is 1.37 bits per heavy atom. The van der Waals surface area contributed by atoms with Crippen LogP contribution in [0.15, 0.2) is 18.5 Å². The molecule has 1 aromatic rings. The molecule has 0 aliphatic heterocycles. The first-order valence-corrected chi connectivity index (χ1v) is 7.35. The van der Waals surface area contributed by atoms with Crippen molar-refractivity contribution >= 4 is 0 Å². The summed E-state index contributed by atoms with van der Waals surface area (Å²) in [7, 11) is 0. The highest BCUT2D eigenvalue weighted by Gasteiger charge is 2.17. The molecule has 2 rings (SSSR count). The largest absolute Gasteiger partial charge is 0.493 e. The van der Waals surface area contributed by atoms with E-state index >= 15 is 0 Å². The Bertz CT molecular complexity index is 394. The van der Waals surface area contributed by atoms with Crippen molar-refractivity contribution in [3.63, 3.8) is 0 Å². The topological polar surface area (TPSA) is 34.2 Å². The van der Waals surface area contributed by atoms with E-state index in [-0.39, 0.29) is 5.54 Å². The summed E-state index contributed by atoms with van der Waals surface area (Å²) in [6, 6.07) is 1.97. The first kappa shape index (κ1) is 14.3. The van der Waals surface area contributed by atoms with Crippen LogP contribution in [-0.2, 0) is 6.54 Å². The fourth-order valence-electron chi connectivity index (χ4n) is 2.17. The Kier molecular flexibility index (Phi) is 4.81. The molecule has 1 saturated carbocycles. The van der Waals surface area contributed by atoms with Gasteiger partial charge in [-0.05, 0) is 39.2 Å². The summed E-state index contributed by atoms with van der Waals surface area (Å²) in [6.45, 7) is 8.13. The highest BCUT2D eigenvalue weighted by atomic mass is 16.5. The summed E-state index contributed by atoms with van der Waals surface area (Å²) in [5.74, 6) is 1.88. The van der Waals surface area contributed by atoms with Gasteiger partial charge in [-0.15, -0.1) is 0 Å². The number of hydrogen-bond donors (Lipinski definition) is 1. The standard InChI is InChI=1S/C16H26N2O/c1-16(2,3)18-12-14-11-17-9-7-15(14)19-10-8-13-5-4-6-13/h7,9,11,13,18H,4-6,8,10,12H2,1-3H3. The van der Waals surface area contributed by atoms with Crippen LogP contribution in [0.1, 0.15) is 52.0 Å². The van der Waals surface area contributed by atoms with Gasteiger partial charge in [-0.2, -0.15) is 0 Å². The molecule has 1 N–H and O–H groups in total. The van der Waals surface area contributed by atoms with Gasteiger partial charge in [-0.25, -0.2) is 0 Å². The van der Waals surface area contributed by atoms with E-state index < -0.39 is 0 Å². The molecule has 0 saturated heterocycles. The zero-order chi connectivity index (χ0) is 13.7. The highest BCUT2D eigenvalue weighted by Crippen LogP contribution is 2.29. The quantitative estimate of drug-likeness (QED) is 0.851. The Morgan fingerprint density at radius 3 is 2.79 bits per heavy atom. The monoisotopic (exact) mass is 262 g/mol. The van der Waals surface area contributed by atoms with Gasteiger partial charge in [-0.1, -0.05) is 19.3 Å². The van der Waals surface area contributed by atoms with Gasteiger partial charge in [0.15, 0.2) is 0 Å². The molecular formula is C16H26N2O. The van der Waals surface area contributed by atoms with Gasteiger partial charge in [0.2, 0.25) is 0 Å². The van der Waals surface area contributed by atoms with Crippen LogP contribution in [0.25, 0.3) is 0 Å². The van der Waals surface area contributed by atoms with Gasteiger partial charge in [0.1, 0.15) is 5.75 Å². The number of pyridine rings is 1. The van der Waals surface area contributed by atoms with E-state index in [1.807, 2.05) is 12.3 Å². The number of nitrogens with one attached hydrogen (secondary N) is 1. The van der Waals surface area contributed by atoms with Crippen LogP contribution in [0.4, 0.5) is 0 Å². The molecule has 0 unspecified atom stereocenters. The van der Waals surface area contributed by atoms with E-state index in [1.54, 1.807) is 6.20 Å². The van der Waals surface area contributed by atoms with Crippen LogP contribution in [-0.4, -0.2) is 17.1 Å². The van der Waals surface area contributed by atoms with Gasteiger partial charge < -0.3 is 10.1 Å². The van der Waals surface area contributed by atoms with Gasteiger partial charge in [-0.3, -0.25) is 4.98 Å². The molecule has 0 amide bonds. The number of nitrogens with zero attached hydrogens (tertiary/aromatic N) is 1. The lowest BCUT2D eigenvalue weighted by Crippen LogP contribution is -2.35. The van der Waals surface area contributed by atoms with E-state index in [2.05, 4.69) is 31.1 Å². The summed E-state index contributed by atoms with van der Waals surface area (Å²) in [6.07, 6.45) is 9.07. The van der Waals surface area contributed by atoms with Crippen molar-refractivity contribution in [3.8, 4) is 5.75 Å². The molecule has 1 fully saturated rings. The van der Waals surface area contributed by atoms with Crippen LogP contribution in [0.3, 0.4) is 0 Å². The van der Waals surface area contributed by atoms with Gasteiger partial charge in [0.25, 0.3) is 0 Å². The van der Waals surface area contributed by atoms with Crippen LogP contribution in [0.5, 0.6) is 5.75 Å². The van der Waals surface area contributed by atoms with Gasteiger partial charge in [0.05, 0.1) is 6.61 Å². The molecule has 0 radical (unpaired) electrons. The molecule has 1 heterocycles. The maximum Gasteiger partial charge on any atom is 0.126 e. The van der Waals surface area contributed by atoms with E-state index in [1.165, 1.54) is 25.7 Å². The first-order valence-electron chi connectivity index (χ1n) is 7.35. The fourth-order valence-corrected chi connectivity index (χ4v) is 2.17. The lowest BCUT2D eigenvalue weighted by Gasteiger charge is -2.25.